The fraction of sp³-hybridized carbons (Fsp3) is 0.167. The molecule has 0 unspecified atom stereocenters. The van der Waals surface area contributed by atoms with Crippen LogP contribution in [0, 0.1) is 0 Å². The molecule has 2 N–H and O–H groups in total. The quantitative estimate of drug-likeness (QED) is 0.662. The van der Waals surface area contributed by atoms with Crippen molar-refractivity contribution in [1.29, 1.82) is 0 Å². The van der Waals surface area contributed by atoms with Gasteiger partial charge in [-0.15, -0.1) is 0 Å². The van der Waals surface area contributed by atoms with Gasteiger partial charge in [0.1, 0.15) is 14.1 Å². The molecule has 0 aliphatic carbocycles. The van der Waals surface area contributed by atoms with Crippen LogP contribution >= 0.6 is 21.6 Å². The van der Waals surface area contributed by atoms with E-state index in [1.807, 2.05) is 35.6 Å². The molecular formula is C12H14N2O2S2+2. The maximum atomic E-state index is 9.78. The maximum absolute atomic E-state index is 9.78. The number of nitrogens with zero attached hydrogens (tertiary/aromatic N) is 2. The first kappa shape index (κ1) is 13.0. The number of hydrogen-bond donors (Lipinski definition) is 2. The molecule has 2 aromatic heterocycles. The maximum Gasteiger partial charge on any atom is 0.293 e. The molecule has 4 nitrogen and oxygen atoms in total. The lowest BCUT2D eigenvalue weighted by atomic mass is 10.4. The first-order valence-corrected chi connectivity index (χ1v) is 7.44. The van der Waals surface area contributed by atoms with Crippen LogP contribution in [0.2, 0.25) is 0 Å². The number of aryl methyl sites for hydroxylation is 2. The van der Waals surface area contributed by atoms with Gasteiger partial charge >= 0.3 is 0 Å². The second kappa shape index (κ2) is 5.49. The highest BCUT2D eigenvalue weighted by Gasteiger charge is 2.20. The summed E-state index contributed by atoms with van der Waals surface area (Å²) in [5.74, 6) is 0.464. The lowest BCUT2D eigenvalue weighted by Crippen LogP contribution is -2.31. The fourth-order valence-corrected chi connectivity index (χ4v) is 3.96. The number of rotatable bonds is 3. The van der Waals surface area contributed by atoms with Crippen molar-refractivity contribution >= 4 is 21.6 Å². The second-order valence-electron chi connectivity index (χ2n) is 3.79. The molecular weight excluding hydrogens is 268 g/mol. The Morgan fingerprint density at radius 3 is 1.56 bits per heavy atom. The van der Waals surface area contributed by atoms with Gasteiger partial charge in [0.05, 0.1) is 0 Å². The molecule has 0 radical (unpaired) electrons. The molecule has 0 fully saturated rings. The number of pyridine rings is 2. The van der Waals surface area contributed by atoms with Gasteiger partial charge < -0.3 is 10.2 Å². The molecule has 94 valence electrons. The summed E-state index contributed by atoms with van der Waals surface area (Å²) in [6.07, 6.45) is 3.74. The van der Waals surface area contributed by atoms with Gasteiger partial charge in [-0.2, -0.15) is 9.13 Å². The summed E-state index contributed by atoms with van der Waals surface area (Å²) in [6, 6.07) is 6.86. The van der Waals surface area contributed by atoms with Gasteiger partial charge in [0, 0.05) is 33.7 Å². The van der Waals surface area contributed by atoms with Crippen LogP contribution < -0.4 is 9.13 Å². The Bertz CT molecular complexity index is 484. The predicted octanol–water partition coefficient (Wildman–Crippen LogP) is 1.55. The van der Waals surface area contributed by atoms with Gasteiger partial charge in [0.25, 0.3) is 10.1 Å². The highest BCUT2D eigenvalue weighted by Crippen LogP contribution is 2.40. The summed E-state index contributed by atoms with van der Waals surface area (Å²) in [5.41, 5.74) is 0. The van der Waals surface area contributed by atoms with Crippen LogP contribution in [0.25, 0.3) is 0 Å². The Morgan fingerprint density at radius 1 is 0.833 bits per heavy atom. The minimum absolute atomic E-state index is 0.232. The topological polar surface area (TPSA) is 48.2 Å². The Morgan fingerprint density at radius 2 is 1.22 bits per heavy atom. The lowest BCUT2D eigenvalue weighted by Gasteiger charge is -2.02. The fourth-order valence-electron chi connectivity index (χ4n) is 1.45. The van der Waals surface area contributed by atoms with Crippen LogP contribution in [0.15, 0.2) is 46.7 Å². The third-order valence-corrected chi connectivity index (χ3v) is 5.00. The largest absolute Gasteiger partial charge is 0.502 e. The average Bonchev–Trinajstić information content (AvgIpc) is 2.31. The summed E-state index contributed by atoms with van der Waals surface area (Å²) >= 11 is 0. The van der Waals surface area contributed by atoms with E-state index in [1.54, 1.807) is 24.3 Å². The standard InChI is InChI=1S/C12H12N2O2S2/c1-13-7-3-5-9(15)11(13)17-18-12-10(16)6-4-8-14(12)2/h3-8H,1-2H3/p+2. The van der Waals surface area contributed by atoms with Gasteiger partial charge in [-0.1, -0.05) is 0 Å². The molecule has 0 saturated heterocycles. The molecule has 0 amide bonds. The normalized spacial score (nSPS) is 10.6. The average molecular weight is 282 g/mol. The molecule has 2 heterocycles. The Labute approximate surface area is 113 Å². The number of aromatic hydroxyl groups is 2. The van der Waals surface area contributed by atoms with Crippen molar-refractivity contribution in [2.45, 2.75) is 10.1 Å². The van der Waals surface area contributed by atoms with Crippen LogP contribution in [-0.4, -0.2) is 10.2 Å². The van der Waals surface area contributed by atoms with Crippen molar-refractivity contribution < 1.29 is 19.3 Å². The molecule has 18 heavy (non-hydrogen) atoms. The van der Waals surface area contributed by atoms with Crippen LogP contribution in [0.4, 0.5) is 0 Å². The van der Waals surface area contributed by atoms with Crippen molar-refractivity contribution in [3.05, 3.63) is 36.7 Å². The summed E-state index contributed by atoms with van der Waals surface area (Å²) in [4.78, 5) is 0. The van der Waals surface area contributed by atoms with Crippen LogP contribution in [-0.2, 0) is 14.1 Å². The highest BCUT2D eigenvalue weighted by atomic mass is 33.1. The minimum Gasteiger partial charge on any atom is -0.502 e. The molecule has 2 aromatic rings. The third-order valence-electron chi connectivity index (χ3n) is 2.41. The van der Waals surface area contributed by atoms with E-state index in [4.69, 9.17) is 0 Å². The molecule has 0 saturated carbocycles. The summed E-state index contributed by atoms with van der Waals surface area (Å²) in [7, 11) is 6.54. The first-order chi connectivity index (χ1) is 8.59. The second-order valence-corrected chi connectivity index (χ2v) is 5.89. The third kappa shape index (κ3) is 2.70. The zero-order valence-electron chi connectivity index (χ0n) is 10.1. The van der Waals surface area contributed by atoms with E-state index in [9.17, 15) is 10.2 Å². The molecule has 6 heteroatoms. The molecule has 0 bridgehead atoms. The zero-order valence-corrected chi connectivity index (χ0v) is 11.7. The van der Waals surface area contributed by atoms with E-state index >= 15 is 0 Å². The van der Waals surface area contributed by atoms with Crippen LogP contribution in [0.1, 0.15) is 0 Å². The van der Waals surface area contributed by atoms with Crippen molar-refractivity contribution in [2.75, 3.05) is 0 Å². The van der Waals surface area contributed by atoms with E-state index in [2.05, 4.69) is 0 Å². The molecule has 0 aliphatic heterocycles. The molecule has 0 aromatic carbocycles. The van der Waals surface area contributed by atoms with Crippen LogP contribution in [0.5, 0.6) is 11.5 Å². The highest BCUT2D eigenvalue weighted by molar-refractivity contribution is 8.76. The van der Waals surface area contributed by atoms with E-state index in [0.717, 1.165) is 10.1 Å². The van der Waals surface area contributed by atoms with Gasteiger partial charge in [-0.3, -0.25) is 0 Å². The Hall–Kier alpha value is -1.40. The van der Waals surface area contributed by atoms with Crippen molar-refractivity contribution in [3.63, 3.8) is 0 Å². The minimum atomic E-state index is 0.232. The SMILES string of the molecule is C[n+]1cccc(O)c1SSc1c(O)ccc[n+]1C. The lowest BCUT2D eigenvalue weighted by molar-refractivity contribution is -0.710. The van der Waals surface area contributed by atoms with E-state index < -0.39 is 0 Å². The predicted molar refractivity (Wildman–Crippen MR) is 70.3 cm³/mol. The summed E-state index contributed by atoms with van der Waals surface area (Å²) < 4.78 is 3.68. The van der Waals surface area contributed by atoms with Gasteiger partial charge in [-0.05, 0) is 12.1 Å². The number of hydrogen-bond acceptors (Lipinski definition) is 4. The molecule has 0 aliphatic rings. The van der Waals surface area contributed by atoms with E-state index in [0.29, 0.717) is 0 Å². The van der Waals surface area contributed by atoms with Crippen molar-refractivity contribution in [3.8, 4) is 11.5 Å². The smallest absolute Gasteiger partial charge is 0.293 e. The summed E-state index contributed by atoms with van der Waals surface area (Å²) in [6.45, 7) is 0. The van der Waals surface area contributed by atoms with E-state index in [-0.39, 0.29) is 11.5 Å². The van der Waals surface area contributed by atoms with Crippen molar-refractivity contribution in [2.24, 2.45) is 14.1 Å². The van der Waals surface area contributed by atoms with E-state index in [1.165, 1.54) is 21.6 Å². The van der Waals surface area contributed by atoms with Gasteiger partial charge in [0.2, 0.25) is 0 Å². The molecule has 0 spiro atoms. The Balaban J connectivity index is 2.22. The van der Waals surface area contributed by atoms with Gasteiger partial charge in [-0.25, -0.2) is 0 Å². The molecule has 0 atom stereocenters. The number of aromatic nitrogens is 2. The molecule has 2 rings (SSSR count). The van der Waals surface area contributed by atoms with Crippen LogP contribution in [0.3, 0.4) is 0 Å². The summed E-state index contributed by atoms with van der Waals surface area (Å²) in [5, 5.41) is 21.1. The monoisotopic (exact) mass is 282 g/mol. The first-order valence-electron chi connectivity index (χ1n) is 5.29. The zero-order chi connectivity index (χ0) is 13.1. The van der Waals surface area contributed by atoms with Gasteiger partial charge in [0.15, 0.2) is 23.9 Å². The van der Waals surface area contributed by atoms with Crippen molar-refractivity contribution in [1.82, 2.24) is 0 Å². The Kier molecular flexibility index (Phi) is 3.98.